The third-order valence-electron chi connectivity index (χ3n) is 2.72. The van der Waals surface area contributed by atoms with E-state index in [9.17, 15) is 4.79 Å². The number of methoxy groups -OCH3 is 1. The Hall–Kier alpha value is -1.46. The summed E-state index contributed by atoms with van der Waals surface area (Å²) in [5.74, 6) is 0.637. The first-order chi connectivity index (χ1) is 9.12. The van der Waals surface area contributed by atoms with E-state index in [1.807, 2.05) is 13.0 Å². The molecule has 0 aromatic heterocycles. The Labute approximate surface area is 118 Å². The SMILES string of the molecule is CCN(CCO)C(=O)NCc1ccc(Cl)cc1OC. The summed E-state index contributed by atoms with van der Waals surface area (Å²) in [5, 5.41) is 12.2. The predicted molar refractivity (Wildman–Crippen MR) is 74.6 cm³/mol. The number of hydrogen-bond donors (Lipinski definition) is 2. The Morgan fingerprint density at radius 1 is 1.53 bits per heavy atom. The average Bonchev–Trinajstić information content (AvgIpc) is 2.42. The molecular formula is C13H19ClN2O3. The average molecular weight is 287 g/mol. The number of hydrogen-bond acceptors (Lipinski definition) is 3. The molecule has 0 fully saturated rings. The zero-order valence-electron chi connectivity index (χ0n) is 11.1. The number of ether oxygens (including phenoxy) is 1. The van der Waals surface area contributed by atoms with E-state index in [4.69, 9.17) is 21.4 Å². The van der Waals surface area contributed by atoms with E-state index in [2.05, 4.69) is 5.32 Å². The Morgan fingerprint density at radius 3 is 2.84 bits per heavy atom. The molecule has 5 nitrogen and oxygen atoms in total. The molecule has 1 aromatic rings. The highest BCUT2D eigenvalue weighted by molar-refractivity contribution is 6.30. The number of halogens is 1. The van der Waals surface area contributed by atoms with Crippen molar-refractivity contribution in [2.75, 3.05) is 26.8 Å². The highest BCUT2D eigenvalue weighted by Crippen LogP contribution is 2.22. The lowest BCUT2D eigenvalue weighted by Gasteiger charge is -2.20. The summed E-state index contributed by atoms with van der Waals surface area (Å²) in [4.78, 5) is 13.4. The molecule has 19 heavy (non-hydrogen) atoms. The van der Waals surface area contributed by atoms with Gasteiger partial charge in [-0.3, -0.25) is 0 Å². The maximum absolute atomic E-state index is 11.8. The summed E-state index contributed by atoms with van der Waals surface area (Å²) < 4.78 is 5.20. The fourth-order valence-electron chi connectivity index (χ4n) is 1.67. The lowest BCUT2D eigenvalue weighted by Crippen LogP contribution is -2.41. The third kappa shape index (κ3) is 4.61. The standard InChI is InChI=1S/C13H19ClN2O3/c1-3-16(6-7-17)13(18)15-9-10-4-5-11(14)8-12(10)19-2/h4-5,8,17H,3,6-7,9H2,1-2H3,(H,15,18). The lowest BCUT2D eigenvalue weighted by molar-refractivity contribution is 0.180. The maximum atomic E-state index is 11.8. The van der Waals surface area contributed by atoms with Crippen molar-refractivity contribution >= 4 is 17.6 Å². The molecule has 0 aliphatic rings. The first-order valence-electron chi connectivity index (χ1n) is 6.08. The van der Waals surface area contributed by atoms with Gasteiger partial charge in [0.05, 0.1) is 13.7 Å². The topological polar surface area (TPSA) is 61.8 Å². The Kier molecular flexibility index (Phi) is 6.45. The molecule has 0 spiro atoms. The summed E-state index contributed by atoms with van der Waals surface area (Å²) in [6.07, 6.45) is 0. The van der Waals surface area contributed by atoms with Crippen molar-refractivity contribution in [1.29, 1.82) is 0 Å². The molecule has 0 unspecified atom stereocenters. The van der Waals surface area contributed by atoms with Gasteiger partial charge in [-0.25, -0.2) is 4.79 Å². The summed E-state index contributed by atoms with van der Waals surface area (Å²) in [5.41, 5.74) is 0.848. The van der Waals surface area contributed by atoms with E-state index in [1.165, 1.54) is 4.90 Å². The minimum Gasteiger partial charge on any atom is -0.496 e. The first kappa shape index (κ1) is 15.6. The smallest absolute Gasteiger partial charge is 0.317 e. The molecule has 1 rings (SSSR count). The van der Waals surface area contributed by atoms with Crippen LogP contribution < -0.4 is 10.1 Å². The van der Waals surface area contributed by atoms with E-state index in [0.29, 0.717) is 30.4 Å². The summed E-state index contributed by atoms with van der Waals surface area (Å²) >= 11 is 5.87. The minimum absolute atomic E-state index is 0.0501. The van der Waals surface area contributed by atoms with Crippen molar-refractivity contribution < 1.29 is 14.6 Å². The largest absolute Gasteiger partial charge is 0.496 e. The normalized spacial score (nSPS) is 10.1. The van der Waals surface area contributed by atoms with Crippen LogP contribution in [0.3, 0.4) is 0 Å². The van der Waals surface area contributed by atoms with Crippen LogP contribution in [-0.2, 0) is 6.54 Å². The van der Waals surface area contributed by atoms with Crippen LogP contribution in [0.4, 0.5) is 4.79 Å². The second-order valence-electron chi connectivity index (χ2n) is 3.92. The van der Waals surface area contributed by atoms with Crippen LogP contribution in [0, 0.1) is 0 Å². The number of carbonyl (C=O) groups is 1. The number of urea groups is 1. The summed E-state index contributed by atoms with van der Waals surface area (Å²) in [6.45, 7) is 3.02. The van der Waals surface area contributed by atoms with Gasteiger partial charge in [-0.2, -0.15) is 0 Å². The Bertz CT molecular complexity index is 426. The fraction of sp³-hybridized carbons (Fsp3) is 0.462. The van der Waals surface area contributed by atoms with E-state index in [-0.39, 0.29) is 12.6 Å². The van der Waals surface area contributed by atoms with Crippen molar-refractivity contribution in [1.82, 2.24) is 10.2 Å². The van der Waals surface area contributed by atoms with Gasteiger partial charge >= 0.3 is 6.03 Å². The number of nitrogens with one attached hydrogen (secondary N) is 1. The molecule has 0 atom stereocenters. The molecule has 2 amide bonds. The Balaban J connectivity index is 2.63. The molecule has 0 radical (unpaired) electrons. The number of aliphatic hydroxyl groups excluding tert-OH is 1. The van der Waals surface area contributed by atoms with Crippen molar-refractivity contribution in [3.05, 3.63) is 28.8 Å². The fourth-order valence-corrected chi connectivity index (χ4v) is 1.83. The van der Waals surface area contributed by atoms with Gasteiger partial charge in [0, 0.05) is 30.2 Å². The molecular weight excluding hydrogens is 268 g/mol. The number of benzene rings is 1. The van der Waals surface area contributed by atoms with Crippen LogP contribution in [0.1, 0.15) is 12.5 Å². The second kappa shape index (κ2) is 7.86. The van der Waals surface area contributed by atoms with Crippen LogP contribution in [0.25, 0.3) is 0 Å². The van der Waals surface area contributed by atoms with Gasteiger partial charge in [0.1, 0.15) is 5.75 Å². The quantitative estimate of drug-likeness (QED) is 0.839. The number of carbonyl (C=O) groups excluding carboxylic acids is 1. The highest BCUT2D eigenvalue weighted by Gasteiger charge is 2.11. The van der Waals surface area contributed by atoms with Crippen molar-refractivity contribution in [3.8, 4) is 5.75 Å². The summed E-state index contributed by atoms with van der Waals surface area (Å²) in [7, 11) is 1.56. The molecule has 0 saturated heterocycles. The zero-order valence-corrected chi connectivity index (χ0v) is 11.9. The second-order valence-corrected chi connectivity index (χ2v) is 4.35. The van der Waals surface area contributed by atoms with Gasteiger partial charge in [-0.1, -0.05) is 17.7 Å². The number of nitrogens with zero attached hydrogens (tertiary/aromatic N) is 1. The molecule has 0 saturated carbocycles. The van der Waals surface area contributed by atoms with E-state index in [0.717, 1.165) is 5.56 Å². The van der Waals surface area contributed by atoms with Gasteiger partial charge in [0.25, 0.3) is 0 Å². The molecule has 0 heterocycles. The van der Waals surface area contributed by atoms with Gasteiger partial charge in [-0.15, -0.1) is 0 Å². The molecule has 2 N–H and O–H groups in total. The lowest BCUT2D eigenvalue weighted by atomic mass is 10.2. The van der Waals surface area contributed by atoms with Gasteiger partial charge in [0.15, 0.2) is 0 Å². The number of rotatable bonds is 6. The zero-order chi connectivity index (χ0) is 14.3. The van der Waals surface area contributed by atoms with Gasteiger partial charge < -0.3 is 20.1 Å². The van der Waals surface area contributed by atoms with Crippen LogP contribution in [-0.4, -0.2) is 42.8 Å². The molecule has 0 aliphatic heterocycles. The van der Waals surface area contributed by atoms with E-state index >= 15 is 0 Å². The van der Waals surface area contributed by atoms with Crippen molar-refractivity contribution in [3.63, 3.8) is 0 Å². The van der Waals surface area contributed by atoms with E-state index < -0.39 is 0 Å². The highest BCUT2D eigenvalue weighted by atomic mass is 35.5. The van der Waals surface area contributed by atoms with Crippen LogP contribution >= 0.6 is 11.6 Å². The molecule has 0 aliphatic carbocycles. The number of amides is 2. The number of aliphatic hydroxyl groups is 1. The maximum Gasteiger partial charge on any atom is 0.317 e. The van der Waals surface area contributed by atoms with Crippen LogP contribution in [0.2, 0.25) is 5.02 Å². The van der Waals surface area contributed by atoms with E-state index in [1.54, 1.807) is 19.2 Å². The van der Waals surface area contributed by atoms with Gasteiger partial charge in [0.2, 0.25) is 0 Å². The van der Waals surface area contributed by atoms with Crippen LogP contribution in [0.15, 0.2) is 18.2 Å². The summed E-state index contributed by atoms with van der Waals surface area (Å²) in [6, 6.07) is 5.04. The van der Waals surface area contributed by atoms with Crippen LogP contribution in [0.5, 0.6) is 5.75 Å². The first-order valence-corrected chi connectivity index (χ1v) is 6.46. The molecule has 106 valence electrons. The Morgan fingerprint density at radius 2 is 2.26 bits per heavy atom. The number of likely N-dealkylation sites (N-methyl/N-ethyl adjacent to an activating group) is 1. The van der Waals surface area contributed by atoms with Gasteiger partial charge in [-0.05, 0) is 19.1 Å². The molecule has 6 heteroatoms. The van der Waals surface area contributed by atoms with Crippen molar-refractivity contribution in [2.24, 2.45) is 0 Å². The molecule has 1 aromatic carbocycles. The monoisotopic (exact) mass is 286 g/mol. The third-order valence-corrected chi connectivity index (χ3v) is 2.95. The molecule has 0 bridgehead atoms. The predicted octanol–water partition coefficient (Wildman–Crippen LogP) is 1.87. The van der Waals surface area contributed by atoms with Crippen molar-refractivity contribution in [2.45, 2.75) is 13.5 Å². The minimum atomic E-state index is -0.214.